The zero-order valence-corrected chi connectivity index (χ0v) is 13.8. The maximum Gasteiger partial charge on any atom is 0.0297 e. The molecule has 23 heavy (non-hydrogen) atoms. The van der Waals surface area contributed by atoms with Crippen LogP contribution in [-0.2, 0) is 6.42 Å². The summed E-state index contributed by atoms with van der Waals surface area (Å²) in [6.45, 7) is 3.33. The normalized spacial score (nSPS) is 12.4. The Morgan fingerprint density at radius 2 is 1.52 bits per heavy atom. The first kappa shape index (κ1) is 15.8. The minimum Gasteiger partial charge on any atom is -0.310 e. The van der Waals surface area contributed by atoms with Crippen molar-refractivity contribution >= 4 is 10.8 Å². The van der Waals surface area contributed by atoms with Crippen LogP contribution in [0, 0.1) is 0 Å². The van der Waals surface area contributed by atoms with Gasteiger partial charge in [-0.05, 0) is 54.6 Å². The summed E-state index contributed by atoms with van der Waals surface area (Å²) in [7, 11) is 0. The van der Waals surface area contributed by atoms with Gasteiger partial charge in [-0.15, -0.1) is 0 Å². The number of hydrogen-bond acceptors (Lipinski definition) is 1. The van der Waals surface area contributed by atoms with Crippen molar-refractivity contribution in [2.75, 3.05) is 6.54 Å². The maximum atomic E-state index is 3.68. The Balaban J connectivity index is 1.50. The lowest BCUT2D eigenvalue weighted by Crippen LogP contribution is -2.20. The minimum absolute atomic E-state index is 0.387. The molecule has 0 spiro atoms. The van der Waals surface area contributed by atoms with E-state index in [1.807, 2.05) is 0 Å². The molecule has 0 amide bonds. The number of nitrogens with one attached hydrogen (secondary N) is 1. The Bertz CT molecular complexity index is 728. The van der Waals surface area contributed by atoms with Crippen LogP contribution in [0.2, 0.25) is 0 Å². The lowest BCUT2D eigenvalue weighted by atomic mass is 9.99. The standard InChI is InChI=1S/C22H25N/c1-18(21-16-9-14-20-13-5-6-15-22(20)21)23-17-8-7-12-19-10-3-2-4-11-19/h2-6,9-11,13-16,18,23H,7-8,12,17H2,1H3/t18-/m1/s1. The summed E-state index contributed by atoms with van der Waals surface area (Å²) in [5.41, 5.74) is 2.83. The van der Waals surface area contributed by atoms with Crippen molar-refractivity contribution in [3.8, 4) is 0 Å². The van der Waals surface area contributed by atoms with Gasteiger partial charge in [0.15, 0.2) is 0 Å². The van der Waals surface area contributed by atoms with E-state index < -0.39 is 0 Å². The molecule has 0 saturated heterocycles. The molecular weight excluding hydrogens is 278 g/mol. The fraction of sp³-hybridized carbons (Fsp3) is 0.273. The SMILES string of the molecule is C[C@@H](NCCCCc1ccccc1)c1cccc2ccccc12. The average molecular weight is 303 g/mol. The fourth-order valence-corrected chi connectivity index (χ4v) is 3.16. The quantitative estimate of drug-likeness (QED) is 0.567. The minimum atomic E-state index is 0.387. The molecule has 0 aliphatic heterocycles. The molecule has 1 nitrogen and oxygen atoms in total. The van der Waals surface area contributed by atoms with Crippen LogP contribution in [0.25, 0.3) is 10.8 Å². The molecule has 3 aromatic rings. The molecule has 0 aromatic heterocycles. The molecule has 3 aromatic carbocycles. The van der Waals surface area contributed by atoms with E-state index >= 15 is 0 Å². The summed E-state index contributed by atoms with van der Waals surface area (Å²) >= 11 is 0. The molecule has 1 N–H and O–H groups in total. The number of hydrogen-bond donors (Lipinski definition) is 1. The molecule has 118 valence electrons. The molecule has 0 fully saturated rings. The first-order valence-electron chi connectivity index (χ1n) is 8.59. The molecule has 0 radical (unpaired) electrons. The molecule has 0 aliphatic carbocycles. The van der Waals surface area contributed by atoms with Crippen LogP contribution in [0.15, 0.2) is 72.8 Å². The van der Waals surface area contributed by atoms with Crippen molar-refractivity contribution < 1.29 is 0 Å². The summed E-state index contributed by atoms with van der Waals surface area (Å²) in [5, 5.41) is 6.36. The largest absolute Gasteiger partial charge is 0.310 e. The summed E-state index contributed by atoms with van der Waals surface area (Å²) in [5.74, 6) is 0. The van der Waals surface area contributed by atoms with Crippen molar-refractivity contribution in [1.29, 1.82) is 0 Å². The van der Waals surface area contributed by atoms with Gasteiger partial charge in [-0.1, -0.05) is 72.8 Å². The van der Waals surface area contributed by atoms with Crippen molar-refractivity contribution in [3.05, 3.63) is 83.9 Å². The van der Waals surface area contributed by atoms with E-state index in [1.165, 1.54) is 41.2 Å². The first-order valence-corrected chi connectivity index (χ1v) is 8.59. The van der Waals surface area contributed by atoms with Crippen molar-refractivity contribution in [2.45, 2.75) is 32.2 Å². The van der Waals surface area contributed by atoms with E-state index in [0.29, 0.717) is 6.04 Å². The maximum absolute atomic E-state index is 3.68. The van der Waals surface area contributed by atoms with E-state index in [9.17, 15) is 0 Å². The summed E-state index contributed by atoms with van der Waals surface area (Å²) < 4.78 is 0. The second-order valence-corrected chi connectivity index (χ2v) is 6.19. The average Bonchev–Trinajstić information content (AvgIpc) is 2.61. The number of aryl methyl sites for hydroxylation is 1. The molecule has 0 unspecified atom stereocenters. The lowest BCUT2D eigenvalue weighted by Gasteiger charge is -2.16. The third-order valence-electron chi connectivity index (χ3n) is 4.48. The van der Waals surface area contributed by atoms with Crippen molar-refractivity contribution in [2.24, 2.45) is 0 Å². The highest BCUT2D eigenvalue weighted by Gasteiger charge is 2.07. The smallest absolute Gasteiger partial charge is 0.0297 e. The molecule has 3 rings (SSSR count). The van der Waals surface area contributed by atoms with Crippen LogP contribution in [0.3, 0.4) is 0 Å². The fourth-order valence-electron chi connectivity index (χ4n) is 3.16. The van der Waals surface area contributed by atoms with Crippen molar-refractivity contribution in [1.82, 2.24) is 5.32 Å². The summed E-state index contributed by atoms with van der Waals surface area (Å²) in [6, 6.07) is 26.4. The second kappa shape index (κ2) is 7.94. The number of rotatable bonds is 7. The van der Waals surface area contributed by atoms with Gasteiger partial charge in [0.05, 0.1) is 0 Å². The van der Waals surface area contributed by atoms with Crippen molar-refractivity contribution in [3.63, 3.8) is 0 Å². The molecular formula is C22H25N. The summed E-state index contributed by atoms with van der Waals surface area (Å²) in [4.78, 5) is 0. The Morgan fingerprint density at radius 1 is 0.783 bits per heavy atom. The van der Waals surface area contributed by atoms with Crippen LogP contribution < -0.4 is 5.32 Å². The Hall–Kier alpha value is -2.12. The highest BCUT2D eigenvalue weighted by Crippen LogP contribution is 2.23. The monoisotopic (exact) mass is 303 g/mol. The van der Waals surface area contributed by atoms with Crippen LogP contribution >= 0.6 is 0 Å². The highest BCUT2D eigenvalue weighted by atomic mass is 14.9. The van der Waals surface area contributed by atoms with Gasteiger partial charge in [-0.25, -0.2) is 0 Å². The van der Waals surface area contributed by atoms with Gasteiger partial charge < -0.3 is 5.32 Å². The van der Waals surface area contributed by atoms with Gasteiger partial charge in [0.25, 0.3) is 0 Å². The molecule has 0 aliphatic rings. The van der Waals surface area contributed by atoms with Gasteiger partial charge in [0.2, 0.25) is 0 Å². The predicted octanol–water partition coefficient (Wildman–Crippen LogP) is 5.51. The van der Waals surface area contributed by atoms with Gasteiger partial charge >= 0.3 is 0 Å². The van der Waals surface area contributed by atoms with E-state index in [2.05, 4.69) is 85.0 Å². The first-order chi connectivity index (χ1) is 11.3. The topological polar surface area (TPSA) is 12.0 Å². The van der Waals surface area contributed by atoms with Gasteiger partial charge in [0, 0.05) is 6.04 Å². The predicted molar refractivity (Wildman–Crippen MR) is 99.7 cm³/mol. The Morgan fingerprint density at radius 3 is 2.39 bits per heavy atom. The van der Waals surface area contributed by atoms with Gasteiger partial charge in [-0.3, -0.25) is 0 Å². The van der Waals surface area contributed by atoms with E-state index in [4.69, 9.17) is 0 Å². The second-order valence-electron chi connectivity index (χ2n) is 6.19. The van der Waals surface area contributed by atoms with Crippen LogP contribution in [0.1, 0.15) is 36.9 Å². The molecule has 0 bridgehead atoms. The van der Waals surface area contributed by atoms with E-state index in [0.717, 1.165) is 6.54 Å². The van der Waals surface area contributed by atoms with Gasteiger partial charge in [-0.2, -0.15) is 0 Å². The molecule has 1 atom stereocenters. The summed E-state index contributed by atoms with van der Waals surface area (Å²) in [6.07, 6.45) is 3.62. The Kier molecular flexibility index (Phi) is 5.44. The number of benzene rings is 3. The number of unbranched alkanes of at least 4 members (excludes halogenated alkanes) is 1. The zero-order chi connectivity index (χ0) is 15.9. The van der Waals surface area contributed by atoms with Crippen LogP contribution in [-0.4, -0.2) is 6.54 Å². The molecule has 0 saturated carbocycles. The number of fused-ring (bicyclic) bond motifs is 1. The molecule has 1 heteroatoms. The Labute approximate surface area is 139 Å². The van der Waals surface area contributed by atoms with Crippen LogP contribution in [0.4, 0.5) is 0 Å². The van der Waals surface area contributed by atoms with E-state index in [1.54, 1.807) is 0 Å². The van der Waals surface area contributed by atoms with E-state index in [-0.39, 0.29) is 0 Å². The zero-order valence-electron chi connectivity index (χ0n) is 13.8. The lowest BCUT2D eigenvalue weighted by molar-refractivity contribution is 0.549. The molecule has 0 heterocycles. The highest BCUT2D eigenvalue weighted by molar-refractivity contribution is 5.86. The third kappa shape index (κ3) is 4.20. The van der Waals surface area contributed by atoms with Crippen LogP contribution in [0.5, 0.6) is 0 Å². The third-order valence-corrected chi connectivity index (χ3v) is 4.48. The van der Waals surface area contributed by atoms with Gasteiger partial charge in [0.1, 0.15) is 0 Å².